The molecular formula is C17H20ClN5O3. The number of piperidine rings is 1. The van der Waals surface area contributed by atoms with Crippen molar-refractivity contribution < 1.29 is 14.3 Å². The standard InChI is InChI=1S/C17H19N5O3.ClH/c1-20-8-12(6-18-20)4-14-10-22(17(24)25-3)11-15(16(14)23)5-13-7-19-21(2)9-13;/h4-9H,10-11H2,1-3H3;1H. The molecule has 9 heteroatoms. The minimum atomic E-state index is -0.471. The first-order chi connectivity index (χ1) is 12.0. The predicted molar refractivity (Wildman–Crippen MR) is 98.6 cm³/mol. The second-order valence-corrected chi connectivity index (χ2v) is 5.89. The fourth-order valence-electron chi connectivity index (χ4n) is 2.73. The number of Topliss-reactive ketones (excluding diaryl/α,β-unsaturated/α-hetero) is 1. The molecule has 1 aliphatic rings. The highest BCUT2D eigenvalue weighted by molar-refractivity contribution is 6.15. The van der Waals surface area contributed by atoms with Crippen LogP contribution in [0.15, 0.2) is 35.9 Å². The molecule has 1 saturated heterocycles. The molecule has 1 amide bonds. The van der Waals surface area contributed by atoms with Gasteiger partial charge in [-0.25, -0.2) is 4.79 Å². The number of methoxy groups -OCH3 is 1. The fourth-order valence-corrected chi connectivity index (χ4v) is 2.73. The van der Waals surface area contributed by atoms with Crippen LogP contribution in [0.1, 0.15) is 11.1 Å². The molecule has 0 bridgehead atoms. The summed E-state index contributed by atoms with van der Waals surface area (Å²) < 4.78 is 8.13. The summed E-state index contributed by atoms with van der Waals surface area (Å²) in [6, 6.07) is 0. The number of ketones is 1. The zero-order valence-electron chi connectivity index (χ0n) is 14.7. The Morgan fingerprint density at radius 1 is 1.04 bits per heavy atom. The number of halogens is 1. The van der Waals surface area contributed by atoms with Gasteiger partial charge in [-0.3, -0.25) is 19.1 Å². The minimum absolute atomic E-state index is 0. The maximum atomic E-state index is 12.8. The highest BCUT2D eigenvalue weighted by atomic mass is 35.5. The van der Waals surface area contributed by atoms with Crippen LogP contribution in [0.25, 0.3) is 12.2 Å². The zero-order valence-corrected chi connectivity index (χ0v) is 15.6. The number of rotatable bonds is 2. The number of nitrogens with zero attached hydrogens (tertiary/aromatic N) is 5. The van der Waals surface area contributed by atoms with Crippen molar-refractivity contribution in [2.24, 2.45) is 14.1 Å². The molecule has 0 atom stereocenters. The number of hydrogen-bond donors (Lipinski definition) is 0. The van der Waals surface area contributed by atoms with Crippen molar-refractivity contribution in [2.75, 3.05) is 20.2 Å². The quantitative estimate of drug-likeness (QED) is 0.744. The van der Waals surface area contributed by atoms with Gasteiger partial charge in [0.2, 0.25) is 0 Å². The van der Waals surface area contributed by atoms with E-state index < -0.39 is 6.09 Å². The van der Waals surface area contributed by atoms with E-state index in [9.17, 15) is 9.59 Å². The summed E-state index contributed by atoms with van der Waals surface area (Å²) in [6.45, 7) is 0.398. The molecule has 0 spiro atoms. The number of hydrogen-bond acceptors (Lipinski definition) is 5. The van der Waals surface area contributed by atoms with Crippen LogP contribution >= 0.6 is 12.4 Å². The van der Waals surface area contributed by atoms with E-state index in [4.69, 9.17) is 4.74 Å². The summed E-state index contributed by atoms with van der Waals surface area (Å²) in [5.74, 6) is -0.0899. The SMILES string of the molecule is COC(=O)N1CC(=Cc2cnn(C)c2)C(=O)C(=Cc2cnn(C)c2)C1.Cl. The molecule has 0 aliphatic carbocycles. The average molecular weight is 378 g/mol. The molecule has 0 unspecified atom stereocenters. The summed E-state index contributed by atoms with van der Waals surface area (Å²) in [5.41, 5.74) is 2.64. The number of carbonyl (C=O) groups excluding carboxylic acids is 2. The van der Waals surface area contributed by atoms with Crippen LogP contribution in [0.5, 0.6) is 0 Å². The zero-order chi connectivity index (χ0) is 18.0. The number of aryl methyl sites for hydroxylation is 2. The first-order valence-electron chi connectivity index (χ1n) is 7.72. The second-order valence-electron chi connectivity index (χ2n) is 5.89. The van der Waals surface area contributed by atoms with Crippen molar-refractivity contribution in [3.8, 4) is 0 Å². The number of likely N-dealkylation sites (tertiary alicyclic amines) is 1. The van der Waals surface area contributed by atoms with E-state index in [1.54, 1.807) is 48.0 Å². The van der Waals surface area contributed by atoms with E-state index in [0.29, 0.717) is 11.1 Å². The van der Waals surface area contributed by atoms with Crippen molar-refractivity contribution in [2.45, 2.75) is 0 Å². The number of aromatic nitrogens is 4. The first-order valence-corrected chi connectivity index (χ1v) is 7.72. The Hall–Kier alpha value is -2.87. The molecule has 1 aliphatic heterocycles. The topological polar surface area (TPSA) is 82.2 Å². The van der Waals surface area contributed by atoms with Crippen LogP contribution in [-0.4, -0.2) is 56.5 Å². The van der Waals surface area contributed by atoms with Crippen LogP contribution in [0.4, 0.5) is 4.79 Å². The van der Waals surface area contributed by atoms with E-state index in [1.807, 2.05) is 12.4 Å². The minimum Gasteiger partial charge on any atom is -0.453 e. The van der Waals surface area contributed by atoms with E-state index in [2.05, 4.69) is 10.2 Å². The van der Waals surface area contributed by atoms with Gasteiger partial charge in [0.05, 0.1) is 32.6 Å². The van der Waals surface area contributed by atoms with E-state index >= 15 is 0 Å². The summed E-state index contributed by atoms with van der Waals surface area (Å²) in [6.07, 6.45) is 9.98. The lowest BCUT2D eigenvalue weighted by molar-refractivity contribution is -0.113. The van der Waals surface area contributed by atoms with Gasteiger partial charge in [-0.1, -0.05) is 0 Å². The van der Waals surface area contributed by atoms with Crippen LogP contribution in [0.3, 0.4) is 0 Å². The number of amides is 1. The third kappa shape index (κ3) is 4.20. The van der Waals surface area contributed by atoms with Crippen LogP contribution in [-0.2, 0) is 23.6 Å². The molecule has 0 radical (unpaired) electrons. The van der Waals surface area contributed by atoms with Crippen molar-refractivity contribution in [3.63, 3.8) is 0 Å². The monoisotopic (exact) mass is 377 g/mol. The predicted octanol–water partition coefficient (Wildman–Crippen LogP) is 1.69. The average Bonchev–Trinajstić information content (AvgIpc) is 3.18. The van der Waals surface area contributed by atoms with Crippen molar-refractivity contribution >= 4 is 36.4 Å². The second kappa shape index (κ2) is 8.01. The smallest absolute Gasteiger partial charge is 0.410 e. The molecule has 2 aromatic rings. The Kier molecular flexibility index (Phi) is 5.99. The normalized spacial score (nSPS) is 17.5. The van der Waals surface area contributed by atoms with E-state index in [-0.39, 0.29) is 31.3 Å². The third-order valence-corrected chi connectivity index (χ3v) is 3.87. The number of ether oxygens (including phenoxy) is 1. The summed E-state index contributed by atoms with van der Waals surface area (Å²) in [4.78, 5) is 26.3. The van der Waals surface area contributed by atoms with E-state index in [0.717, 1.165) is 11.1 Å². The maximum absolute atomic E-state index is 12.8. The number of carbonyl (C=O) groups is 2. The Morgan fingerprint density at radius 2 is 1.50 bits per heavy atom. The van der Waals surface area contributed by atoms with Crippen molar-refractivity contribution in [3.05, 3.63) is 47.1 Å². The van der Waals surface area contributed by atoms with Gasteiger partial charge >= 0.3 is 6.09 Å². The van der Waals surface area contributed by atoms with Crippen LogP contribution in [0, 0.1) is 0 Å². The molecular weight excluding hydrogens is 358 g/mol. The van der Waals surface area contributed by atoms with Gasteiger partial charge in [0.25, 0.3) is 0 Å². The lowest BCUT2D eigenvalue weighted by atomic mass is 9.95. The van der Waals surface area contributed by atoms with E-state index in [1.165, 1.54) is 12.0 Å². The first kappa shape index (κ1) is 19.5. The summed E-state index contributed by atoms with van der Waals surface area (Å²) in [7, 11) is 4.94. The third-order valence-electron chi connectivity index (χ3n) is 3.87. The van der Waals surface area contributed by atoms with Gasteiger partial charge in [-0.15, -0.1) is 12.4 Å². The molecule has 1 fully saturated rings. The fraction of sp³-hybridized carbons (Fsp3) is 0.294. The Labute approximate surface area is 157 Å². The Bertz CT molecular complexity index is 818. The van der Waals surface area contributed by atoms with Gasteiger partial charge in [0.1, 0.15) is 0 Å². The van der Waals surface area contributed by atoms with Gasteiger partial charge in [-0.05, 0) is 12.2 Å². The highest BCUT2D eigenvalue weighted by Crippen LogP contribution is 2.22. The Balaban J connectivity index is 0.00000243. The van der Waals surface area contributed by atoms with Gasteiger partial charge in [0, 0.05) is 48.8 Å². The lowest BCUT2D eigenvalue weighted by Gasteiger charge is -2.28. The Morgan fingerprint density at radius 3 is 1.85 bits per heavy atom. The maximum Gasteiger partial charge on any atom is 0.410 e. The molecule has 0 N–H and O–H groups in total. The molecule has 3 heterocycles. The van der Waals surface area contributed by atoms with Crippen molar-refractivity contribution in [1.82, 2.24) is 24.5 Å². The van der Waals surface area contributed by atoms with Crippen LogP contribution < -0.4 is 0 Å². The van der Waals surface area contributed by atoms with Gasteiger partial charge in [-0.2, -0.15) is 10.2 Å². The molecule has 138 valence electrons. The molecule has 0 aromatic carbocycles. The van der Waals surface area contributed by atoms with Gasteiger partial charge in [0.15, 0.2) is 5.78 Å². The summed E-state index contributed by atoms with van der Waals surface area (Å²) >= 11 is 0. The molecule has 8 nitrogen and oxygen atoms in total. The highest BCUT2D eigenvalue weighted by Gasteiger charge is 2.29. The molecule has 2 aromatic heterocycles. The molecule has 0 saturated carbocycles. The molecule has 26 heavy (non-hydrogen) atoms. The lowest BCUT2D eigenvalue weighted by Crippen LogP contribution is -2.41. The van der Waals surface area contributed by atoms with Gasteiger partial charge < -0.3 is 4.74 Å². The summed E-state index contributed by atoms with van der Waals surface area (Å²) in [5, 5.41) is 8.19. The van der Waals surface area contributed by atoms with Crippen molar-refractivity contribution in [1.29, 1.82) is 0 Å². The largest absolute Gasteiger partial charge is 0.453 e. The molecule has 3 rings (SSSR count). The van der Waals surface area contributed by atoms with Crippen LogP contribution in [0.2, 0.25) is 0 Å².